The summed E-state index contributed by atoms with van der Waals surface area (Å²) in [6, 6.07) is 14.1. The predicted molar refractivity (Wildman–Crippen MR) is 74.0 cm³/mol. The Morgan fingerprint density at radius 2 is 1.84 bits per heavy atom. The quantitative estimate of drug-likeness (QED) is 0.546. The number of nitrogens with zero attached hydrogens (tertiary/aromatic N) is 1. The van der Waals surface area contributed by atoms with Crippen molar-refractivity contribution in [1.82, 2.24) is 4.98 Å². The standard InChI is InChI=1S/C14H9ClN2O2/c15-10-6-7-12-11(8-10)13(17(19)14(18)16-12)9-4-2-1-3-5-9/h1-8H,(H,16,18). The third-order valence-electron chi connectivity index (χ3n) is 2.91. The Labute approximate surface area is 113 Å². The third kappa shape index (κ3) is 1.96. The molecule has 0 saturated heterocycles. The number of hydrogen-bond acceptors (Lipinski definition) is 2. The molecule has 5 heteroatoms. The molecule has 0 aliphatic rings. The Balaban J connectivity index is 2.48. The number of nitrogens with one attached hydrogen (secondary N) is 1. The summed E-state index contributed by atoms with van der Waals surface area (Å²) in [6.45, 7) is 0. The first kappa shape index (κ1) is 11.7. The molecule has 1 aromatic heterocycles. The van der Waals surface area contributed by atoms with E-state index in [0.717, 1.165) is 0 Å². The Morgan fingerprint density at radius 3 is 2.58 bits per heavy atom. The van der Waals surface area contributed by atoms with Gasteiger partial charge in [0.1, 0.15) is 5.52 Å². The minimum Gasteiger partial charge on any atom is -0.708 e. The number of H-pyrrole nitrogens is 1. The Bertz CT molecular complexity index is 813. The number of aromatic amines is 1. The Morgan fingerprint density at radius 1 is 1.11 bits per heavy atom. The van der Waals surface area contributed by atoms with Crippen LogP contribution < -0.4 is 10.4 Å². The van der Waals surface area contributed by atoms with Gasteiger partial charge in [0, 0.05) is 10.6 Å². The van der Waals surface area contributed by atoms with Crippen LogP contribution in [-0.4, -0.2) is 4.98 Å². The van der Waals surface area contributed by atoms with E-state index in [-0.39, 0.29) is 0 Å². The van der Waals surface area contributed by atoms with E-state index in [1.165, 1.54) is 0 Å². The summed E-state index contributed by atoms with van der Waals surface area (Å²) in [4.78, 5) is 14.2. The highest BCUT2D eigenvalue weighted by molar-refractivity contribution is 6.31. The molecular formula is C14H9ClN2O2. The van der Waals surface area contributed by atoms with Gasteiger partial charge in [-0.15, -0.1) is 0 Å². The van der Waals surface area contributed by atoms with Crippen molar-refractivity contribution < 1.29 is 4.73 Å². The molecule has 4 nitrogen and oxygen atoms in total. The van der Waals surface area contributed by atoms with Crippen LogP contribution in [0.4, 0.5) is 0 Å². The summed E-state index contributed by atoms with van der Waals surface area (Å²) in [5, 5.41) is 13.2. The second kappa shape index (κ2) is 4.40. The van der Waals surface area contributed by atoms with Gasteiger partial charge in [0.15, 0.2) is 5.69 Å². The fourth-order valence-electron chi connectivity index (χ4n) is 2.07. The zero-order chi connectivity index (χ0) is 13.4. The monoisotopic (exact) mass is 272 g/mol. The van der Waals surface area contributed by atoms with Crippen LogP contribution in [-0.2, 0) is 0 Å². The van der Waals surface area contributed by atoms with Crippen molar-refractivity contribution in [1.29, 1.82) is 0 Å². The first-order valence-electron chi connectivity index (χ1n) is 5.67. The van der Waals surface area contributed by atoms with Gasteiger partial charge in [-0.2, -0.15) is 9.52 Å². The van der Waals surface area contributed by atoms with Crippen LogP contribution in [0.2, 0.25) is 5.02 Å². The molecule has 2 aromatic carbocycles. The van der Waals surface area contributed by atoms with Crippen molar-refractivity contribution in [3.8, 4) is 11.3 Å². The molecule has 0 fully saturated rings. The highest BCUT2D eigenvalue weighted by Gasteiger charge is 2.15. The molecule has 19 heavy (non-hydrogen) atoms. The summed E-state index contributed by atoms with van der Waals surface area (Å²) in [7, 11) is 0. The van der Waals surface area contributed by atoms with Crippen LogP contribution in [0.1, 0.15) is 0 Å². The maximum atomic E-state index is 12.0. The van der Waals surface area contributed by atoms with Crippen LogP contribution in [0.5, 0.6) is 0 Å². The van der Waals surface area contributed by atoms with Gasteiger partial charge in [0.25, 0.3) is 0 Å². The summed E-state index contributed by atoms with van der Waals surface area (Å²) < 4.78 is 0.355. The van der Waals surface area contributed by atoms with Crippen LogP contribution in [0.3, 0.4) is 0 Å². The van der Waals surface area contributed by atoms with E-state index in [4.69, 9.17) is 11.6 Å². The molecule has 3 aromatic rings. The number of benzene rings is 2. The molecule has 1 N–H and O–H groups in total. The highest BCUT2D eigenvalue weighted by atomic mass is 35.5. The second-order valence-corrected chi connectivity index (χ2v) is 4.57. The topological polar surface area (TPSA) is 59.8 Å². The van der Waals surface area contributed by atoms with Gasteiger partial charge in [0.05, 0.1) is 5.39 Å². The van der Waals surface area contributed by atoms with E-state index in [1.54, 1.807) is 30.3 Å². The number of halogens is 1. The molecule has 0 aliphatic heterocycles. The molecule has 0 atom stereocenters. The molecule has 0 bridgehead atoms. The lowest BCUT2D eigenvalue weighted by Gasteiger charge is -2.10. The number of aromatic nitrogens is 2. The molecule has 0 saturated carbocycles. The Hall–Kier alpha value is -2.33. The maximum Gasteiger partial charge on any atom is 0.499 e. The fraction of sp³-hybridized carbons (Fsp3) is 0. The molecule has 94 valence electrons. The van der Waals surface area contributed by atoms with Crippen molar-refractivity contribution in [3.05, 3.63) is 69.2 Å². The molecular weight excluding hydrogens is 264 g/mol. The molecule has 0 radical (unpaired) electrons. The summed E-state index contributed by atoms with van der Waals surface area (Å²) in [5.41, 5.74) is 0.867. The van der Waals surface area contributed by atoms with Crippen LogP contribution in [0.15, 0.2) is 53.3 Å². The molecule has 0 unspecified atom stereocenters. The molecule has 0 aliphatic carbocycles. The van der Waals surface area contributed by atoms with Crippen molar-refractivity contribution in [3.63, 3.8) is 0 Å². The van der Waals surface area contributed by atoms with E-state index in [0.29, 0.717) is 31.9 Å². The first-order valence-corrected chi connectivity index (χ1v) is 6.05. The minimum atomic E-state index is -0.700. The summed E-state index contributed by atoms with van der Waals surface area (Å²) in [5.74, 6) is 0. The van der Waals surface area contributed by atoms with Gasteiger partial charge >= 0.3 is 5.69 Å². The smallest absolute Gasteiger partial charge is 0.499 e. The average molecular weight is 273 g/mol. The van der Waals surface area contributed by atoms with E-state index < -0.39 is 5.69 Å². The van der Waals surface area contributed by atoms with Gasteiger partial charge in [-0.25, -0.2) is 4.98 Å². The molecule has 1 heterocycles. The lowest BCUT2D eigenvalue weighted by Crippen LogP contribution is -2.48. The number of rotatable bonds is 1. The maximum absolute atomic E-state index is 12.0. The number of fused-ring (bicyclic) bond motifs is 1. The lowest BCUT2D eigenvalue weighted by molar-refractivity contribution is -0.611. The van der Waals surface area contributed by atoms with Crippen molar-refractivity contribution >= 4 is 22.5 Å². The van der Waals surface area contributed by atoms with Crippen molar-refractivity contribution in [2.24, 2.45) is 0 Å². The van der Waals surface area contributed by atoms with Crippen LogP contribution in [0, 0.1) is 5.21 Å². The van der Waals surface area contributed by atoms with E-state index in [2.05, 4.69) is 4.98 Å². The highest BCUT2D eigenvalue weighted by Crippen LogP contribution is 2.25. The van der Waals surface area contributed by atoms with Gasteiger partial charge in [-0.1, -0.05) is 41.9 Å². The summed E-state index contributed by atoms with van der Waals surface area (Å²) in [6.07, 6.45) is 0. The van der Waals surface area contributed by atoms with E-state index in [9.17, 15) is 10.0 Å². The normalized spacial score (nSPS) is 10.8. The van der Waals surface area contributed by atoms with Crippen LogP contribution in [0.25, 0.3) is 22.2 Å². The van der Waals surface area contributed by atoms with E-state index in [1.807, 2.05) is 18.2 Å². The fourth-order valence-corrected chi connectivity index (χ4v) is 2.24. The first-order chi connectivity index (χ1) is 9.16. The van der Waals surface area contributed by atoms with Gasteiger partial charge < -0.3 is 5.21 Å². The minimum absolute atomic E-state index is 0.307. The second-order valence-electron chi connectivity index (χ2n) is 4.13. The molecule has 0 amide bonds. The van der Waals surface area contributed by atoms with E-state index >= 15 is 0 Å². The average Bonchev–Trinajstić information content (AvgIpc) is 2.42. The third-order valence-corrected chi connectivity index (χ3v) is 3.15. The van der Waals surface area contributed by atoms with Crippen LogP contribution >= 0.6 is 11.6 Å². The lowest BCUT2D eigenvalue weighted by atomic mass is 10.1. The SMILES string of the molecule is O=c1[nH]c2ccc(Cl)cc2c(-c2ccccc2)[n+]1[O-]. The van der Waals surface area contributed by atoms with Gasteiger partial charge in [0.2, 0.25) is 0 Å². The largest absolute Gasteiger partial charge is 0.708 e. The van der Waals surface area contributed by atoms with Gasteiger partial charge in [-0.3, -0.25) is 0 Å². The predicted octanol–water partition coefficient (Wildman–Crippen LogP) is 2.48. The Kier molecular flexibility index (Phi) is 2.72. The van der Waals surface area contributed by atoms with Crippen molar-refractivity contribution in [2.75, 3.05) is 0 Å². The molecule has 0 spiro atoms. The number of hydrogen-bond donors (Lipinski definition) is 1. The van der Waals surface area contributed by atoms with Gasteiger partial charge in [-0.05, 0) is 18.2 Å². The zero-order valence-electron chi connectivity index (χ0n) is 9.76. The van der Waals surface area contributed by atoms with Crippen molar-refractivity contribution in [2.45, 2.75) is 0 Å². The molecule has 3 rings (SSSR count). The zero-order valence-corrected chi connectivity index (χ0v) is 10.5. The summed E-state index contributed by atoms with van der Waals surface area (Å²) >= 11 is 5.97.